The second-order valence-electron chi connectivity index (χ2n) is 3.06. The molecule has 15 heavy (non-hydrogen) atoms. The van der Waals surface area contributed by atoms with Gasteiger partial charge in [0.15, 0.2) is 0 Å². The molecule has 0 saturated heterocycles. The molecule has 0 aromatic heterocycles. The number of rotatable bonds is 6. The molecule has 0 radical (unpaired) electrons. The van der Waals surface area contributed by atoms with Gasteiger partial charge in [0.2, 0.25) is 0 Å². The van der Waals surface area contributed by atoms with Crippen molar-refractivity contribution in [3.8, 4) is 6.07 Å². The fourth-order valence-electron chi connectivity index (χ4n) is 1.06. The molecule has 0 aliphatic heterocycles. The van der Waals surface area contributed by atoms with Gasteiger partial charge in [-0.3, -0.25) is 9.59 Å². The molecule has 0 spiro atoms. The Morgan fingerprint density at radius 3 is 1.80 bits per heavy atom. The Bertz CT molecular complexity index is 237. The molecule has 0 rings (SSSR count). The fourth-order valence-corrected chi connectivity index (χ4v) is 1.06. The monoisotopic (exact) mass is 213 g/mol. The first-order valence-electron chi connectivity index (χ1n) is 4.67. The molecule has 0 aliphatic carbocycles. The molecule has 0 unspecified atom stereocenters. The zero-order valence-electron chi connectivity index (χ0n) is 8.99. The standard InChI is InChI=1S/C10H15NO4/c1-14-9(12)5-3-8(7-11)4-6-10(13)15-2/h8H,3-6H2,1-2H3. The van der Waals surface area contributed by atoms with E-state index in [2.05, 4.69) is 9.47 Å². The van der Waals surface area contributed by atoms with E-state index in [1.807, 2.05) is 6.07 Å². The molecule has 0 aromatic carbocycles. The van der Waals surface area contributed by atoms with Crippen LogP contribution >= 0.6 is 0 Å². The van der Waals surface area contributed by atoms with Gasteiger partial charge in [0.25, 0.3) is 0 Å². The molecule has 0 atom stereocenters. The maximum atomic E-state index is 10.8. The van der Waals surface area contributed by atoms with Gasteiger partial charge in [0.1, 0.15) is 0 Å². The molecule has 0 fully saturated rings. The maximum Gasteiger partial charge on any atom is 0.305 e. The summed E-state index contributed by atoms with van der Waals surface area (Å²) in [5.74, 6) is -0.982. The minimum Gasteiger partial charge on any atom is -0.469 e. The second kappa shape index (κ2) is 7.80. The first-order valence-corrected chi connectivity index (χ1v) is 4.67. The fraction of sp³-hybridized carbons (Fsp3) is 0.700. The lowest BCUT2D eigenvalue weighted by Crippen LogP contribution is -2.08. The lowest BCUT2D eigenvalue weighted by atomic mass is 9.99. The number of nitriles is 1. The highest BCUT2D eigenvalue weighted by atomic mass is 16.5. The summed E-state index contributed by atoms with van der Waals surface area (Å²) < 4.78 is 8.90. The predicted octanol–water partition coefficient (Wildman–Crippen LogP) is 1.03. The summed E-state index contributed by atoms with van der Waals surface area (Å²) in [5, 5.41) is 8.74. The quantitative estimate of drug-likeness (QED) is 0.616. The molecule has 0 aromatic rings. The van der Waals surface area contributed by atoms with Crippen LogP contribution in [-0.2, 0) is 19.1 Å². The third-order valence-corrected chi connectivity index (χ3v) is 2.03. The Hall–Kier alpha value is -1.57. The van der Waals surface area contributed by atoms with Crippen molar-refractivity contribution in [1.29, 1.82) is 5.26 Å². The minimum atomic E-state index is -0.340. The van der Waals surface area contributed by atoms with Gasteiger partial charge in [-0.2, -0.15) is 5.26 Å². The Kier molecular flexibility index (Phi) is 6.98. The average molecular weight is 213 g/mol. The second-order valence-corrected chi connectivity index (χ2v) is 3.06. The molecular weight excluding hydrogens is 198 g/mol. The molecule has 0 aliphatic rings. The average Bonchev–Trinajstić information content (AvgIpc) is 2.28. The van der Waals surface area contributed by atoms with Crippen LogP contribution in [0.25, 0.3) is 0 Å². The molecule has 0 bridgehead atoms. The van der Waals surface area contributed by atoms with E-state index >= 15 is 0 Å². The number of hydrogen-bond acceptors (Lipinski definition) is 5. The Morgan fingerprint density at radius 1 is 1.13 bits per heavy atom. The van der Waals surface area contributed by atoms with Crippen LogP contribution in [0.4, 0.5) is 0 Å². The van der Waals surface area contributed by atoms with Gasteiger partial charge in [-0.1, -0.05) is 0 Å². The van der Waals surface area contributed by atoms with E-state index in [1.54, 1.807) is 0 Å². The highest BCUT2D eigenvalue weighted by Crippen LogP contribution is 2.13. The van der Waals surface area contributed by atoms with Crippen LogP contribution < -0.4 is 0 Å². The van der Waals surface area contributed by atoms with Gasteiger partial charge < -0.3 is 9.47 Å². The summed E-state index contributed by atoms with van der Waals surface area (Å²) in [5.41, 5.74) is 0. The van der Waals surface area contributed by atoms with Gasteiger partial charge in [0.05, 0.1) is 20.3 Å². The van der Waals surface area contributed by atoms with Crippen LogP contribution in [-0.4, -0.2) is 26.2 Å². The number of hydrogen-bond donors (Lipinski definition) is 0. The lowest BCUT2D eigenvalue weighted by molar-refractivity contribution is -0.141. The van der Waals surface area contributed by atoms with Crippen molar-refractivity contribution in [2.45, 2.75) is 25.7 Å². The van der Waals surface area contributed by atoms with Crippen LogP contribution in [0, 0.1) is 17.2 Å². The number of methoxy groups -OCH3 is 2. The molecule has 0 heterocycles. The normalized spacial score (nSPS) is 9.47. The topological polar surface area (TPSA) is 76.4 Å². The maximum absolute atomic E-state index is 10.8. The Labute approximate surface area is 89.0 Å². The largest absolute Gasteiger partial charge is 0.469 e. The molecule has 0 N–H and O–H groups in total. The SMILES string of the molecule is COC(=O)CCC(C#N)CCC(=O)OC. The lowest BCUT2D eigenvalue weighted by Gasteiger charge is -2.06. The number of nitrogens with zero attached hydrogens (tertiary/aromatic N) is 1. The van der Waals surface area contributed by atoms with E-state index in [0.29, 0.717) is 12.8 Å². The van der Waals surface area contributed by atoms with Crippen LogP contribution in [0.3, 0.4) is 0 Å². The van der Waals surface area contributed by atoms with Gasteiger partial charge in [-0.25, -0.2) is 0 Å². The summed E-state index contributed by atoms with van der Waals surface area (Å²) in [6, 6.07) is 2.05. The summed E-state index contributed by atoms with van der Waals surface area (Å²) in [6.45, 7) is 0. The van der Waals surface area contributed by atoms with Crippen LogP contribution in [0.2, 0.25) is 0 Å². The van der Waals surface area contributed by atoms with Crippen LogP contribution in [0.5, 0.6) is 0 Å². The van der Waals surface area contributed by atoms with Gasteiger partial charge >= 0.3 is 11.9 Å². The van der Waals surface area contributed by atoms with Gasteiger partial charge in [0, 0.05) is 18.8 Å². The number of carbonyl (C=O) groups excluding carboxylic acids is 2. The van der Waals surface area contributed by atoms with E-state index in [0.717, 1.165) is 0 Å². The zero-order valence-corrected chi connectivity index (χ0v) is 8.99. The van der Waals surface area contributed by atoms with Crippen LogP contribution in [0.1, 0.15) is 25.7 Å². The zero-order chi connectivity index (χ0) is 11.7. The highest BCUT2D eigenvalue weighted by molar-refractivity contribution is 5.69. The molecule has 5 nitrogen and oxygen atoms in total. The van der Waals surface area contributed by atoms with Crippen molar-refractivity contribution in [1.82, 2.24) is 0 Å². The number of ether oxygens (including phenoxy) is 2. The van der Waals surface area contributed by atoms with Crippen molar-refractivity contribution >= 4 is 11.9 Å². The summed E-state index contributed by atoms with van der Waals surface area (Å²) >= 11 is 0. The Balaban J connectivity index is 3.79. The summed E-state index contributed by atoms with van der Waals surface area (Å²) in [6.07, 6.45) is 1.24. The van der Waals surface area contributed by atoms with E-state index < -0.39 is 0 Å². The molecule has 0 amide bonds. The third-order valence-electron chi connectivity index (χ3n) is 2.03. The first-order chi connectivity index (χ1) is 7.13. The van der Waals surface area contributed by atoms with Gasteiger partial charge in [-0.15, -0.1) is 0 Å². The van der Waals surface area contributed by atoms with Crippen molar-refractivity contribution < 1.29 is 19.1 Å². The van der Waals surface area contributed by atoms with Crippen molar-refractivity contribution in [2.24, 2.45) is 5.92 Å². The van der Waals surface area contributed by atoms with Gasteiger partial charge in [-0.05, 0) is 12.8 Å². The van der Waals surface area contributed by atoms with E-state index in [-0.39, 0.29) is 30.7 Å². The first kappa shape index (κ1) is 13.4. The van der Waals surface area contributed by atoms with Crippen molar-refractivity contribution in [3.05, 3.63) is 0 Å². The predicted molar refractivity (Wildman–Crippen MR) is 51.6 cm³/mol. The molecular formula is C10H15NO4. The minimum absolute atomic E-state index is 0.204. The molecule has 5 heteroatoms. The van der Waals surface area contributed by atoms with E-state index in [4.69, 9.17) is 5.26 Å². The number of carbonyl (C=O) groups is 2. The highest BCUT2D eigenvalue weighted by Gasteiger charge is 2.12. The summed E-state index contributed by atoms with van der Waals surface area (Å²) in [4.78, 5) is 21.6. The molecule has 84 valence electrons. The Morgan fingerprint density at radius 2 is 1.53 bits per heavy atom. The van der Waals surface area contributed by atoms with E-state index in [1.165, 1.54) is 14.2 Å². The summed E-state index contributed by atoms with van der Waals surface area (Å²) in [7, 11) is 2.61. The smallest absolute Gasteiger partial charge is 0.305 e. The van der Waals surface area contributed by atoms with Crippen molar-refractivity contribution in [2.75, 3.05) is 14.2 Å². The third kappa shape index (κ3) is 6.49. The van der Waals surface area contributed by atoms with Crippen LogP contribution in [0.15, 0.2) is 0 Å². The van der Waals surface area contributed by atoms with Crippen molar-refractivity contribution in [3.63, 3.8) is 0 Å². The number of esters is 2. The molecule has 0 saturated carbocycles. The van der Waals surface area contributed by atoms with E-state index in [9.17, 15) is 9.59 Å².